The second-order valence-electron chi connectivity index (χ2n) is 7.66. The molecular weight excluding hydrogens is 414 g/mol. The maximum absolute atomic E-state index is 11.8. The monoisotopic (exact) mass is 439 g/mol. The number of aryl methyl sites for hydroxylation is 2. The summed E-state index contributed by atoms with van der Waals surface area (Å²) in [5.41, 5.74) is 5.71. The molecule has 2 aromatic heterocycles. The van der Waals surface area contributed by atoms with Gasteiger partial charge in [-0.2, -0.15) is 10.1 Å². The lowest BCUT2D eigenvalue weighted by molar-refractivity contribution is 0.597. The van der Waals surface area contributed by atoms with Gasteiger partial charge in [-0.15, -0.1) is 0 Å². The maximum Gasteiger partial charge on any atom is 0.238 e. The van der Waals surface area contributed by atoms with Gasteiger partial charge < -0.3 is 10.2 Å². The third-order valence-corrected chi connectivity index (χ3v) is 6.64. The molecule has 9 nitrogen and oxygen atoms in total. The Morgan fingerprint density at radius 1 is 1.19 bits per heavy atom. The number of fused-ring (bicyclic) bond motifs is 1. The number of aromatic nitrogens is 4. The van der Waals surface area contributed by atoms with Crippen LogP contribution in [0.2, 0.25) is 0 Å². The van der Waals surface area contributed by atoms with Gasteiger partial charge in [0.25, 0.3) is 0 Å². The number of sulfonamides is 1. The summed E-state index contributed by atoms with van der Waals surface area (Å²) < 4.78 is 25.5. The molecule has 0 fully saturated rings. The summed E-state index contributed by atoms with van der Waals surface area (Å²) in [7, 11) is 0.106. The van der Waals surface area contributed by atoms with Crippen LogP contribution in [-0.2, 0) is 23.5 Å². The second kappa shape index (κ2) is 7.78. The number of nitrogens with one attached hydrogen (secondary N) is 1. The zero-order valence-electron chi connectivity index (χ0n) is 17.9. The minimum absolute atomic E-state index is 0.0691. The standard InChI is InChI=1S/C21H25N7O2S/c1-13-5-6-15(11-19(13)31(22,29)30)24-21-23-10-9-20(25-21)27(3)16-7-8-17-14(2)28(4)26-18(17)12-16/h5-6,9-12H,7-8H2,1-4H3,(H2,22,29,30)(H,23,24,25). The molecule has 0 spiro atoms. The van der Waals surface area contributed by atoms with E-state index in [-0.39, 0.29) is 4.90 Å². The average molecular weight is 440 g/mol. The van der Waals surface area contributed by atoms with Crippen molar-refractivity contribution in [2.75, 3.05) is 17.3 Å². The quantitative estimate of drug-likeness (QED) is 0.627. The molecule has 162 valence electrons. The predicted octanol–water partition coefficient (Wildman–Crippen LogP) is 2.64. The van der Waals surface area contributed by atoms with Crippen molar-refractivity contribution < 1.29 is 8.42 Å². The van der Waals surface area contributed by atoms with E-state index >= 15 is 0 Å². The number of anilines is 3. The van der Waals surface area contributed by atoms with Crippen molar-refractivity contribution in [1.29, 1.82) is 0 Å². The lowest BCUT2D eigenvalue weighted by atomic mass is 9.99. The van der Waals surface area contributed by atoms with Gasteiger partial charge in [-0.1, -0.05) is 6.07 Å². The summed E-state index contributed by atoms with van der Waals surface area (Å²) in [5.74, 6) is 1.08. The minimum atomic E-state index is -3.81. The molecule has 3 N–H and O–H groups in total. The van der Waals surface area contributed by atoms with Crippen molar-refractivity contribution in [3.05, 3.63) is 58.7 Å². The van der Waals surface area contributed by atoms with Gasteiger partial charge in [0.15, 0.2) is 0 Å². The fourth-order valence-electron chi connectivity index (χ4n) is 3.71. The molecule has 0 amide bonds. The van der Waals surface area contributed by atoms with Gasteiger partial charge in [-0.25, -0.2) is 18.5 Å². The molecule has 0 atom stereocenters. The smallest absolute Gasteiger partial charge is 0.238 e. The average Bonchev–Trinajstić information content (AvgIpc) is 3.01. The molecule has 4 rings (SSSR count). The highest BCUT2D eigenvalue weighted by Crippen LogP contribution is 2.29. The summed E-state index contributed by atoms with van der Waals surface area (Å²) in [5, 5.41) is 13.0. The van der Waals surface area contributed by atoms with E-state index in [2.05, 4.69) is 33.4 Å². The van der Waals surface area contributed by atoms with Gasteiger partial charge in [0, 0.05) is 42.9 Å². The Hall–Kier alpha value is -3.24. The van der Waals surface area contributed by atoms with E-state index in [1.54, 1.807) is 25.3 Å². The van der Waals surface area contributed by atoms with Crippen molar-refractivity contribution in [2.45, 2.75) is 31.6 Å². The molecule has 0 saturated heterocycles. The summed E-state index contributed by atoms with van der Waals surface area (Å²) in [4.78, 5) is 10.9. The van der Waals surface area contributed by atoms with E-state index in [1.807, 2.05) is 29.7 Å². The number of hydrogen-bond donors (Lipinski definition) is 2. The van der Waals surface area contributed by atoms with Crippen molar-refractivity contribution in [2.24, 2.45) is 12.2 Å². The summed E-state index contributed by atoms with van der Waals surface area (Å²) >= 11 is 0. The Bertz CT molecular complexity index is 1300. The second-order valence-corrected chi connectivity index (χ2v) is 9.19. The molecule has 0 saturated carbocycles. The number of allylic oxidation sites excluding steroid dienone is 1. The number of benzene rings is 1. The number of rotatable bonds is 5. The lowest BCUT2D eigenvalue weighted by Crippen LogP contribution is -2.20. The molecule has 0 radical (unpaired) electrons. The van der Waals surface area contributed by atoms with E-state index in [1.165, 1.54) is 17.3 Å². The van der Waals surface area contributed by atoms with Crippen molar-refractivity contribution in [3.8, 4) is 0 Å². The third-order valence-electron chi connectivity index (χ3n) is 5.59. The van der Waals surface area contributed by atoms with Crippen molar-refractivity contribution in [3.63, 3.8) is 0 Å². The fraction of sp³-hybridized carbons (Fsp3) is 0.286. The molecule has 31 heavy (non-hydrogen) atoms. The van der Waals surface area contributed by atoms with Crippen LogP contribution in [0.1, 0.15) is 28.9 Å². The highest BCUT2D eigenvalue weighted by Gasteiger charge is 2.20. The first kappa shape index (κ1) is 21.0. The number of primary sulfonamides is 1. The van der Waals surface area contributed by atoms with Gasteiger partial charge in [-0.05, 0) is 56.5 Å². The van der Waals surface area contributed by atoms with Gasteiger partial charge >= 0.3 is 0 Å². The highest BCUT2D eigenvalue weighted by molar-refractivity contribution is 7.89. The predicted molar refractivity (Wildman–Crippen MR) is 121 cm³/mol. The van der Waals surface area contributed by atoms with Crippen molar-refractivity contribution >= 4 is 33.6 Å². The molecule has 2 heterocycles. The molecule has 1 aliphatic carbocycles. The van der Waals surface area contributed by atoms with Crippen LogP contribution in [0.5, 0.6) is 0 Å². The Morgan fingerprint density at radius 2 is 1.97 bits per heavy atom. The summed E-state index contributed by atoms with van der Waals surface area (Å²) in [6.45, 7) is 3.78. The Labute approximate surface area is 181 Å². The molecular formula is C21H25N7O2S. The summed E-state index contributed by atoms with van der Waals surface area (Å²) in [6, 6.07) is 6.77. The van der Waals surface area contributed by atoms with E-state index in [0.717, 1.165) is 30.1 Å². The first-order valence-electron chi connectivity index (χ1n) is 9.84. The molecule has 0 unspecified atom stereocenters. The fourth-order valence-corrected chi connectivity index (χ4v) is 4.52. The first-order chi connectivity index (χ1) is 14.6. The number of nitrogens with two attached hydrogens (primary N) is 1. The van der Waals surface area contributed by atoms with Gasteiger partial charge in [0.2, 0.25) is 16.0 Å². The van der Waals surface area contributed by atoms with Gasteiger partial charge in [-0.3, -0.25) is 4.68 Å². The van der Waals surface area contributed by atoms with Crippen LogP contribution in [0.15, 0.2) is 41.1 Å². The van der Waals surface area contributed by atoms with Crippen LogP contribution < -0.4 is 15.4 Å². The zero-order valence-corrected chi connectivity index (χ0v) is 18.7. The largest absolute Gasteiger partial charge is 0.333 e. The van der Waals surface area contributed by atoms with Crippen LogP contribution in [0, 0.1) is 13.8 Å². The van der Waals surface area contributed by atoms with Crippen LogP contribution in [0.3, 0.4) is 0 Å². The van der Waals surface area contributed by atoms with Gasteiger partial charge in [0.05, 0.1) is 10.6 Å². The van der Waals surface area contributed by atoms with Crippen LogP contribution >= 0.6 is 0 Å². The molecule has 3 aromatic rings. The topological polar surface area (TPSA) is 119 Å². The normalized spacial score (nSPS) is 13.5. The number of hydrogen-bond acceptors (Lipinski definition) is 7. The Morgan fingerprint density at radius 3 is 2.71 bits per heavy atom. The molecule has 10 heteroatoms. The maximum atomic E-state index is 11.8. The lowest BCUT2D eigenvalue weighted by Gasteiger charge is -2.24. The highest BCUT2D eigenvalue weighted by atomic mass is 32.2. The Kier molecular flexibility index (Phi) is 5.28. The van der Waals surface area contributed by atoms with Crippen LogP contribution in [-0.4, -0.2) is 35.2 Å². The van der Waals surface area contributed by atoms with E-state index < -0.39 is 10.0 Å². The van der Waals surface area contributed by atoms with Crippen LogP contribution in [0.4, 0.5) is 17.5 Å². The third kappa shape index (κ3) is 4.17. The number of nitrogens with zero attached hydrogens (tertiary/aromatic N) is 5. The van der Waals surface area contributed by atoms with Gasteiger partial charge in [0.1, 0.15) is 5.82 Å². The molecule has 0 aliphatic heterocycles. The molecule has 1 aliphatic rings. The van der Waals surface area contributed by atoms with E-state index in [4.69, 9.17) is 5.14 Å². The van der Waals surface area contributed by atoms with Crippen LogP contribution in [0.25, 0.3) is 6.08 Å². The van der Waals surface area contributed by atoms with E-state index in [0.29, 0.717) is 17.2 Å². The molecule has 1 aromatic carbocycles. The Balaban J connectivity index is 1.59. The van der Waals surface area contributed by atoms with E-state index in [9.17, 15) is 8.42 Å². The summed E-state index contributed by atoms with van der Waals surface area (Å²) in [6.07, 6.45) is 5.58. The SMILES string of the molecule is Cc1ccc(Nc2nccc(N(C)C3=Cc4nn(C)c(C)c4CC3)n2)cc1S(N)(=O)=O. The first-order valence-corrected chi connectivity index (χ1v) is 11.4. The van der Waals surface area contributed by atoms with Crippen molar-refractivity contribution in [1.82, 2.24) is 19.7 Å². The zero-order chi connectivity index (χ0) is 22.3. The molecule has 0 bridgehead atoms. The minimum Gasteiger partial charge on any atom is -0.333 e.